The molecule has 1 aliphatic carbocycles. The van der Waals surface area contributed by atoms with E-state index in [9.17, 15) is 19.8 Å². The summed E-state index contributed by atoms with van der Waals surface area (Å²) < 4.78 is 5.77. The fraction of sp³-hybridized carbons (Fsp3) is 0.556. The number of aliphatic carboxylic acids is 1. The van der Waals surface area contributed by atoms with Gasteiger partial charge in [0.1, 0.15) is 5.76 Å². The van der Waals surface area contributed by atoms with E-state index in [1.54, 1.807) is 18.2 Å². The van der Waals surface area contributed by atoms with Crippen molar-refractivity contribution in [3.8, 4) is 0 Å². The number of aryl methyl sites for hydroxylation is 1. The Labute approximate surface area is 207 Å². The fourth-order valence-electron chi connectivity index (χ4n) is 3.92. The Kier molecular flexibility index (Phi) is 12.4. The van der Waals surface area contributed by atoms with Gasteiger partial charge < -0.3 is 20.1 Å². The molecular weight excluding hydrogens is 452 g/mol. The molecule has 2 rings (SSSR count). The number of carboxylic acid groups (broad SMARTS) is 1. The van der Waals surface area contributed by atoms with Crippen LogP contribution in [0.3, 0.4) is 0 Å². The normalized spacial score (nSPS) is 19.1. The van der Waals surface area contributed by atoms with Gasteiger partial charge in [-0.05, 0) is 43.6 Å². The number of carboxylic acids is 1. The van der Waals surface area contributed by atoms with Crippen molar-refractivity contribution in [2.45, 2.75) is 83.8 Å². The summed E-state index contributed by atoms with van der Waals surface area (Å²) in [6, 6.07) is 7.23. The summed E-state index contributed by atoms with van der Waals surface area (Å²) in [6.07, 6.45) is 8.70. The van der Waals surface area contributed by atoms with E-state index in [4.69, 9.17) is 9.84 Å². The van der Waals surface area contributed by atoms with Gasteiger partial charge in [-0.15, -0.1) is 11.8 Å². The quantitative estimate of drug-likeness (QED) is 0.166. The highest BCUT2D eigenvalue weighted by Crippen LogP contribution is 2.42. The first kappa shape index (κ1) is 28.1. The molecule has 0 amide bonds. The second kappa shape index (κ2) is 15.0. The van der Waals surface area contributed by atoms with Gasteiger partial charge in [0.05, 0.1) is 17.8 Å². The lowest BCUT2D eigenvalue weighted by molar-refractivity contribution is -0.137. The van der Waals surface area contributed by atoms with Crippen LogP contribution in [0.15, 0.2) is 47.1 Å². The minimum absolute atomic E-state index is 0.159. The first-order valence-corrected chi connectivity index (χ1v) is 13.2. The first-order chi connectivity index (χ1) is 16.3. The predicted octanol–water partition coefficient (Wildman–Crippen LogP) is 5.62. The van der Waals surface area contributed by atoms with Crippen LogP contribution in [0.1, 0.15) is 80.6 Å². The van der Waals surface area contributed by atoms with Crippen LogP contribution in [0.5, 0.6) is 0 Å². The van der Waals surface area contributed by atoms with E-state index in [0.29, 0.717) is 24.2 Å². The average Bonchev–Trinajstić information content (AvgIpc) is 3.08. The molecule has 0 unspecified atom stereocenters. The minimum atomic E-state index is -0.789. The van der Waals surface area contributed by atoms with Crippen molar-refractivity contribution in [3.05, 3.63) is 58.2 Å². The number of benzene rings is 1. The topological polar surface area (TPSA) is 104 Å². The predicted molar refractivity (Wildman–Crippen MR) is 136 cm³/mol. The van der Waals surface area contributed by atoms with Crippen LogP contribution in [0.25, 0.3) is 0 Å². The number of aliphatic hydroxyl groups excluding tert-OH is 2. The maximum absolute atomic E-state index is 12.8. The molecule has 0 aromatic heterocycles. The second-order valence-electron chi connectivity index (χ2n) is 8.79. The van der Waals surface area contributed by atoms with E-state index in [-0.39, 0.29) is 18.8 Å². The van der Waals surface area contributed by atoms with Crippen molar-refractivity contribution in [2.24, 2.45) is 5.92 Å². The molecule has 0 spiro atoms. The number of thioether (sulfide) groups is 1. The van der Waals surface area contributed by atoms with E-state index in [2.05, 4.69) is 6.92 Å². The Morgan fingerprint density at radius 3 is 2.65 bits per heavy atom. The molecule has 3 atom stereocenters. The Hall–Kier alpha value is -2.09. The fourth-order valence-corrected chi connectivity index (χ4v) is 5.20. The number of ether oxygens (including phenoxy) is 1. The zero-order valence-corrected chi connectivity index (χ0v) is 21.1. The van der Waals surface area contributed by atoms with Gasteiger partial charge in [-0.3, -0.25) is 4.79 Å². The zero-order valence-electron chi connectivity index (χ0n) is 20.2. The summed E-state index contributed by atoms with van der Waals surface area (Å²) in [6.45, 7) is 3.97. The first-order valence-electron chi connectivity index (χ1n) is 12.2. The Bertz CT molecular complexity index is 862. The van der Waals surface area contributed by atoms with Gasteiger partial charge in [-0.2, -0.15) is 0 Å². The molecule has 188 valence electrons. The van der Waals surface area contributed by atoms with E-state index in [1.807, 2.05) is 25.1 Å². The van der Waals surface area contributed by atoms with Crippen molar-refractivity contribution in [1.29, 1.82) is 0 Å². The number of hydrogen-bond acceptors (Lipinski definition) is 6. The van der Waals surface area contributed by atoms with E-state index < -0.39 is 24.1 Å². The summed E-state index contributed by atoms with van der Waals surface area (Å²) in [4.78, 5) is 24.3. The maximum Gasteiger partial charge on any atom is 0.343 e. The molecular formula is C27H38O6S. The van der Waals surface area contributed by atoms with Gasteiger partial charge in [0, 0.05) is 23.7 Å². The monoisotopic (exact) mass is 490 g/mol. The third-order valence-corrected chi connectivity index (χ3v) is 7.21. The lowest BCUT2D eigenvalue weighted by atomic mass is 10.0. The van der Waals surface area contributed by atoms with Crippen LogP contribution < -0.4 is 0 Å². The molecule has 0 saturated heterocycles. The molecule has 0 aliphatic heterocycles. The second-order valence-corrected chi connectivity index (χ2v) is 9.93. The number of rotatable bonds is 15. The largest absolute Gasteiger partial charge is 0.481 e. The van der Waals surface area contributed by atoms with Gasteiger partial charge in [0.2, 0.25) is 0 Å². The molecule has 0 radical (unpaired) electrons. The van der Waals surface area contributed by atoms with Gasteiger partial charge in [0.15, 0.2) is 0 Å². The third kappa shape index (κ3) is 9.28. The minimum Gasteiger partial charge on any atom is -0.481 e. The van der Waals surface area contributed by atoms with Crippen LogP contribution in [-0.4, -0.2) is 45.2 Å². The zero-order chi connectivity index (χ0) is 24.9. The standard InChI is InChI=1S/C27H38O6S/c1-3-4-6-12-20(28)15-16-22-23(29)18-24(26(22)34-17-10-5-7-14-25(30)31)33-27(32)21-13-9-8-11-19(21)2/h8-9,11,13,15-16,20,22-23,28-29H,3-7,10,12,14,17-18H2,1-2H3,(H,30,31)/b16-15+/t20-,22-,23+/m0/s1. The number of aliphatic hydroxyl groups is 2. The summed E-state index contributed by atoms with van der Waals surface area (Å²) in [5, 5.41) is 29.8. The van der Waals surface area contributed by atoms with E-state index in [1.165, 1.54) is 11.8 Å². The van der Waals surface area contributed by atoms with E-state index >= 15 is 0 Å². The Balaban J connectivity index is 2.11. The highest BCUT2D eigenvalue weighted by molar-refractivity contribution is 8.03. The Morgan fingerprint density at radius 2 is 1.94 bits per heavy atom. The van der Waals surface area contributed by atoms with Gasteiger partial charge in [-0.1, -0.05) is 63.0 Å². The van der Waals surface area contributed by atoms with Crippen LogP contribution in [-0.2, 0) is 9.53 Å². The maximum atomic E-state index is 12.8. The van der Waals surface area contributed by atoms with Crippen molar-refractivity contribution >= 4 is 23.7 Å². The number of carbonyl (C=O) groups excluding carboxylic acids is 1. The lowest BCUT2D eigenvalue weighted by Crippen LogP contribution is -2.14. The van der Waals surface area contributed by atoms with Gasteiger partial charge >= 0.3 is 11.9 Å². The Morgan fingerprint density at radius 1 is 1.18 bits per heavy atom. The number of unbranched alkanes of at least 4 members (excludes halogenated alkanes) is 4. The van der Waals surface area contributed by atoms with E-state index in [0.717, 1.165) is 48.3 Å². The smallest absolute Gasteiger partial charge is 0.343 e. The number of carbonyl (C=O) groups is 2. The lowest BCUT2D eigenvalue weighted by Gasteiger charge is -2.15. The highest BCUT2D eigenvalue weighted by Gasteiger charge is 2.35. The third-order valence-electron chi connectivity index (χ3n) is 5.90. The molecule has 0 fully saturated rings. The molecule has 0 saturated carbocycles. The molecule has 1 aliphatic rings. The van der Waals surface area contributed by atoms with Gasteiger partial charge in [-0.25, -0.2) is 4.79 Å². The average molecular weight is 491 g/mol. The molecule has 1 aromatic rings. The van der Waals surface area contributed by atoms with Crippen LogP contribution in [0.4, 0.5) is 0 Å². The van der Waals surface area contributed by atoms with Crippen molar-refractivity contribution in [1.82, 2.24) is 0 Å². The summed E-state index contributed by atoms with van der Waals surface area (Å²) in [5.74, 6) is -0.362. The summed E-state index contributed by atoms with van der Waals surface area (Å²) in [7, 11) is 0. The van der Waals surface area contributed by atoms with Crippen molar-refractivity contribution in [3.63, 3.8) is 0 Å². The highest BCUT2D eigenvalue weighted by atomic mass is 32.2. The SMILES string of the molecule is CCCCC[C@H](O)/C=C/[C@@H]1C(SCCCCCC(=O)O)=C(OC(=O)c2ccccc2C)C[C@H]1O. The summed E-state index contributed by atoms with van der Waals surface area (Å²) in [5.41, 5.74) is 1.32. The van der Waals surface area contributed by atoms with Crippen LogP contribution in [0.2, 0.25) is 0 Å². The van der Waals surface area contributed by atoms with Crippen LogP contribution in [0, 0.1) is 12.8 Å². The van der Waals surface area contributed by atoms with Crippen molar-refractivity contribution in [2.75, 3.05) is 5.75 Å². The number of esters is 1. The molecule has 0 heterocycles. The molecule has 34 heavy (non-hydrogen) atoms. The molecule has 0 bridgehead atoms. The molecule has 6 nitrogen and oxygen atoms in total. The van der Waals surface area contributed by atoms with Crippen LogP contribution >= 0.6 is 11.8 Å². The number of hydrogen-bond donors (Lipinski definition) is 3. The molecule has 1 aromatic carbocycles. The molecule has 3 N–H and O–H groups in total. The van der Waals surface area contributed by atoms with Crippen molar-refractivity contribution < 1.29 is 29.6 Å². The molecule has 7 heteroatoms. The summed E-state index contributed by atoms with van der Waals surface area (Å²) >= 11 is 1.54. The van der Waals surface area contributed by atoms with Gasteiger partial charge in [0.25, 0.3) is 0 Å².